The average Bonchev–Trinajstić information content (AvgIpc) is 2.72. The number of halogens is 4. The van der Waals surface area contributed by atoms with Gasteiger partial charge in [0.05, 0.1) is 21.2 Å². The van der Waals surface area contributed by atoms with E-state index >= 15 is 0 Å². The molecule has 5 nitrogen and oxygen atoms in total. The molecule has 2 rings (SSSR count). The number of rotatable bonds is 4. The second-order valence-electron chi connectivity index (χ2n) is 5.67. The van der Waals surface area contributed by atoms with E-state index in [9.17, 15) is 21.6 Å². The lowest BCUT2D eigenvalue weighted by molar-refractivity contribution is -0.137. The Labute approximate surface area is 149 Å². The Balaban J connectivity index is 2.41. The van der Waals surface area contributed by atoms with Gasteiger partial charge < -0.3 is 0 Å². The van der Waals surface area contributed by atoms with E-state index in [1.54, 1.807) is 25.6 Å². The third-order valence-electron chi connectivity index (χ3n) is 3.99. The molecule has 2 aromatic rings. The minimum absolute atomic E-state index is 0.00217. The third kappa shape index (κ3) is 3.83. The predicted molar refractivity (Wildman–Crippen MR) is 87.8 cm³/mol. The van der Waals surface area contributed by atoms with Gasteiger partial charge in [-0.1, -0.05) is 11.6 Å². The van der Waals surface area contributed by atoms with Crippen LogP contribution in [0.1, 0.15) is 22.5 Å². The van der Waals surface area contributed by atoms with Crippen molar-refractivity contribution in [2.45, 2.75) is 31.5 Å². The highest BCUT2D eigenvalue weighted by Crippen LogP contribution is 2.36. The zero-order valence-electron chi connectivity index (χ0n) is 14.0. The number of hydrogen-bond donors (Lipinski definition) is 0. The fraction of sp³-hybridized carbons (Fsp3) is 0.400. The first kappa shape index (κ1) is 19.7. The van der Waals surface area contributed by atoms with Crippen LogP contribution in [0.2, 0.25) is 5.02 Å². The predicted octanol–water partition coefficient (Wildman–Crippen LogP) is 3.53. The summed E-state index contributed by atoms with van der Waals surface area (Å²) >= 11 is 5.55. The third-order valence-corrected chi connectivity index (χ3v) is 6.12. The van der Waals surface area contributed by atoms with Gasteiger partial charge in [0.1, 0.15) is 0 Å². The molecule has 1 heterocycles. The molecule has 1 aromatic carbocycles. The number of aryl methyl sites for hydroxylation is 2. The first-order valence-corrected chi connectivity index (χ1v) is 8.99. The van der Waals surface area contributed by atoms with Crippen LogP contribution >= 0.6 is 11.6 Å². The molecule has 0 aliphatic rings. The van der Waals surface area contributed by atoms with Gasteiger partial charge in [-0.05, 0) is 32.0 Å². The molecular formula is C15H17ClF3N3O2S. The van der Waals surface area contributed by atoms with E-state index in [1.165, 1.54) is 7.05 Å². The topological polar surface area (TPSA) is 55.2 Å². The largest absolute Gasteiger partial charge is 0.417 e. The Morgan fingerprint density at radius 3 is 2.36 bits per heavy atom. The fourth-order valence-corrected chi connectivity index (χ4v) is 3.81. The molecule has 10 heteroatoms. The van der Waals surface area contributed by atoms with Crippen LogP contribution in [0, 0.1) is 13.8 Å². The van der Waals surface area contributed by atoms with Gasteiger partial charge >= 0.3 is 6.18 Å². The van der Waals surface area contributed by atoms with Crippen LogP contribution in [-0.4, -0.2) is 29.6 Å². The highest BCUT2D eigenvalue weighted by Gasteiger charge is 2.35. The van der Waals surface area contributed by atoms with E-state index in [4.69, 9.17) is 11.6 Å². The van der Waals surface area contributed by atoms with Gasteiger partial charge in [-0.25, -0.2) is 8.42 Å². The summed E-state index contributed by atoms with van der Waals surface area (Å²) in [6.45, 7) is 3.53. The standard InChI is InChI=1S/C15H17ClF3N3O2S/c1-9-12(10(2)22(4)20-9)8-21(3)25(23,24)11-5-6-14(16)13(7-11)15(17,18)19/h5-7H,8H2,1-4H3. The van der Waals surface area contributed by atoms with Gasteiger partial charge in [0.25, 0.3) is 0 Å². The van der Waals surface area contributed by atoms with Crippen molar-refractivity contribution in [1.29, 1.82) is 0 Å². The Morgan fingerprint density at radius 2 is 1.88 bits per heavy atom. The van der Waals surface area contributed by atoms with Crippen molar-refractivity contribution in [3.8, 4) is 0 Å². The molecule has 0 saturated heterocycles. The lowest BCUT2D eigenvalue weighted by Crippen LogP contribution is -2.27. The summed E-state index contributed by atoms with van der Waals surface area (Å²) in [6.07, 6.45) is -4.74. The van der Waals surface area contributed by atoms with E-state index in [-0.39, 0.29) is 6.54 Å². The zero-order valence-corrected chi connectivity index (χ0v) is 15.6. The Kier molecular flexibility index (Phi) is 5.23. The van der Waals surface area contributed by atoms with E-state index < -0.39 is 31.7 Å². The summed E-state index contributed by atoms with van der Waals surface area (Å²) in [4.78, 5) is -0.467. The molecule has 1 aromatic heterocycles. The highest BCUT2D eigenvalue weighted by molar-refractivity contribution is 7.89. The summed E-state index contributed by atoms with van der Waals surface area (Å²) in [5, 5.41) is 3.66. The van der Waals surface area contributed by atoms with E-state index in [0.717, 1.165) is 22.1 Å². The molecule has 0 N–H and O–H groups in total. The average molecular weight is 396 g/mol. The van der Waals surface area contributed by atoms with E-state index in [2.05, 4.69) is 5.10 Å². The van der Waals surface area contributed by atoms with Crippen LogP contribution in [0.4, 0.5) is 13.2 Å². The SMILES string of the molecule is Cc1nn(C)c(C)c1CN(C)S(=O)(=O)c1ccc(Cl)c(C(F)(F)F)c1. The maximum atomic E-state index is 13.0. The number of sulfonamides is 1. The molecule has 0 bridgehead atoms. The first-order valence-electron chi connectivity index (χ1n) is 7.18. The molecule has 0 radical (unpaired) electrons. The molecule has 0 unspecified atom stereocenters. The van der Waals surface area contributed by atoms with Crippen molar-refractivity contribution < 1.29 is 21.6 Å². The van der Waals surface area contributed by atoms with Crippen molar-refractivity contribution in [1.82, 2.24) is 14.1 Å². The lowest BCUT2D eigenvalue weighted by Gasteiger charge is -2.19. The smallest absolute Gasteiger partial charge is 0.272 e. The van der Waals surface area contributed by atoms with Crippen LogP contribution in [-0.2, 0) is 29.8 Å². The quantitative estimate of drug-likeness (QED) is 0.795. The normalized spacial score (nSPS) is 12.8. The van der Waals surface area contributed by atoms with Crippen LogP contribution in [0.5, 0.6) is 0 Å². The molecule has 0 fully saturated rings. The second-order valence-corrected chi connectivity index (χ2v) is 8.13. The van der Waals surface area contributed by atoms with Gasteiger partial charge in [0.2, 0.25) is 10.0 Å². The minimum Gasteiger partial charge on any atom is -0.272 e. The summed E-state index contributed by atoms with van der Waals surface area (Å²) in [7, 11) is -1.08. The van der Waals surface area contributed by atoms with Gasteiger partial charge in [0.15, 0.2) is 0 Å². The summed E-state index contributed by atoms with van der Waals surface area (Å²) in [5.41, 5.74) is 0.969. The molecule has 0 aliphatic heterocycles. The zero-order chi connectivity index (χ0) is 19.2. The minimum atomic E-state index is -4.74. The van der Waals surface area contributed by atoms with Gasteiger partial charge in [-0.2, -0.15) is 22.6 Å². The molecule has 0 atom stereocenters. The van der Waals surface area contributed by atoms with Crippen LogP contribution < -0.4 is 0 Å². The van der Waals surface area contributed by atoms with Crippen molar-refractivity contribution in [2.75, 3.05) is 7.05 Å². The number of benzene rings is 1. The van der Waals surface area contributed by atoms with E-state index in [1.807, 2.05) is 0 Å². The van der Waals surface area contributed by atoms with Crippen molar-refractivity contribution in [2.24, 2.45) is 7.05 Å². The number of hydrogen-bond acceptors (Lipinski definition) is 3. The summed E-state index contributed by atoms with van der Waals surface area (Å²) < 4.78 is 66.8. The number of alkyl halides is 3. The highest BCUT2D eigenvalue weighted by atomic mass is 35.5. The van der Waals surface area contributed by atoms with Gasteiger partial charge in [-0.3, -0.25) is 4.68 Å². The Morgan fingerprint density at radius 1 is 1.28 bits per heavy atom. The number of aromatic nitrogens is 2. The summed E-state index contributed by atoms with van der Waals surface area (Å²) in [6, 6.07) is 2.55. The molecule has 0 spiro atoms. The lowest BCUT2D eigenvalue weighted by atomic mass is 10.2. The second kappa shape index (κ2) is 6.62. The monoisotopic (exact) mass is 395 g/mol. The van der Waals surface area contributed by atoms with Crippen molar-refractivity contribution in [3.05, 3.63) is 45.7 Å². The maximum absolute atomic E-state index is 13.0. The maximum Gasteiger partial charge on any atom is 0.417 e. The molecular weight excluding hydrogens is 379 g/mol. The van der Waals surface area contributed by atoms with Crippen LogP contribution in [0.3, 0.4) is 0 Å². The molecule has 25 heavy (non-hydrogen) atoms. The molecule has 138 valence electrons. The molecule has 0 aliphatic carbocycles. The van der Waals surface area contributed by atoms with E-state index in [0.29, 0.717) is 17.3 Å². The fourth-order valence-electron chi connectivity index (χ4n) is 2.42. The van der Waals surface area contributed by atoms with Gasteiger partial charge in [-0.15, -0.1) is 0 Å². The Hall–Kier alpha value is -1.58. The Bertz CT molecular complexity index is 907. The summed E-state index contributed by atoms with van der Waals surface area (Å²) in [5.74, 6) is 0. The van der Waals surface area contributed by atoms with Crippen molar-refractivity contribution in [3.63, 3.8) is 0 Å². The van der Waals surface area contributed by atoms with Crippen molar-refractivity contribution >= 4 is 21.6 Å². The van der Waals surface area contributed by atoms with Crippen LogP contribution in [0.15, 0.2) is 23.1 Å². The first-order chi connectivity index (χ1) is 11.4. The van der Waals surface area contributed by atoms with Gasteiger partial charge in [0, 0.05) is 31.9 Å². The van der Waals surface area contributed by atoms with Crippen LogP contribution in [0.25, 0.3) is 0 Å². The number of nitrogens with zero attached hydrogens (tertiary/aromatic N) is 3. The molecule has 0 amide bonds. The molecule has 0 saturated carbocycles.